The summed E-state index contributed by atoms with van der Waals surface area (Å²) in [5, 5.41) is 18.6. The Balaban J connectivity index is 1.96. The molecular weight excluding hydrogens is 324 g/mol. The number of phenols is 2. The van der Waals surface area contributed by atoms with E-state index in [4.69, 9.17) is 11.5 Å². The Morgan fingerprint density at radius 1 is 0.692 bits per heavy atom. The van der Waals surface area contributed by atoms with Gasteiger partial charge in [-0.2, -0.15) is 0 Å². The first-order valence-corrected chi connectivity index (χ1v) is 8.68. The molecule has 0 amide bonds. The van der Waals surface area contributed by atoms with E-state index in [1.165, 1.54) is 0 Å². The van der Waals surface area contributed by atoms with Gasteiger partial charge in [-0.15, -0.1) is 0 Å². The van der Waals surface area contributed by atoms with Crippen LogP contribution in [0.15, 0.2) is 60.7 Å². The van der Waals surface area contributed by atoms with Gasteiger partial charge in [-0.3, -0.25) is 0 Å². The molecule has 0 aliphatic heterocycles. The number of phenolic OH excluding ortho intramolecular Hbond substituents is 2. The summed E-state index contributed by atoms with van der Waals surface area (Å²) >= 11 is 0. The molecule has 2 aromatic carbocycles. The van der Waals surface area contributed by atoms with Crippen molar-refractivity contribution in [2.75, 3.05) is 0 Å². The van der Waals surface area contributed by atoms with E-state index in [0.717, 1.165) is 11.1 Å². The highest BCUT2D eigenvalue weighted by Crippen LogP contribution is 2.26. The van der Waals surface area contributed by atoms with Crippen LogP contribution in [-0.2, 0) is 0 Å². The first-order valence-electron chi connectivity index (χ1n) is 8.68. The maximum atomic E-state index is 9.32. The van der Waals surface area contributed by atoms with Crippen molar-refractivity contribution < 1.29 is 10.2 Å². The predicted octanol–water partition coefficient (Wildman–Crippen LogP) is 4.04. The second-order valence-electron chi connectivity index (χ2n) is 7.23. The minimum absolute atomic E-state index is 0.251. The number of rotatable bonds is 7. The summed E-state index contributed by atoms with van der Waals surface area (Å²) in [6, 6.07) is 14.0. The molecule has 0 heterocycles. The van der Waals surface area contributed by atoms with E-state index in [2.05, 4.69) is 0 Å². The molecule has 0 aliphatic rings. The monoisotopic (exact) mass is 352 g/mol. The van der Waals surface area contributed by atoms with E-state index in [1.54, 1.807) is 24.3 Å². The molecule has 4 nitrogen and oxygen atoms in total. The summed E-state index contributed by atoms with van der Waals surface area (Å²) in [6.45, 7) is 3.92. The Morgan fingerprint density at radius 3 is 1.31 bits per heavy atom. The normalized spacial score (nSPS) is 16.6. The first kappa shape index (κ1) is 19.8. The Labute approximate surface area is 155 Å². The van der Waals surface area contributed by atoms with Gasteiger partial charge in [0.1, 0.15) is 11.5 Å². The number of hydrogen-bond acceptors (Lipinski definition) is 4. The largest absolute Gasteiger partial charge is 0.508 e. The van der Waals surface area contributed by atoms with Crippen LogP contribution in [0.3, 0.4) is 0 Å². The van der Waals surface area contributed by atoms with E-state index >= 15 is 0 Å². The van der Waals surface area contributed by atoms with Crippen LogP contribution in [-0.4, -0.2) is 21.3 Å². The highest BCUT2D eigenvalue weighted by atomic mass is 16.3. The van der Waals surface area contributed by atoms with Crippen LogP contribution in [0.1, 0.15) is 37.8 Å². The van der Waals surface area contributed by atoms with Gasteiger partial charge in [-0.05, 0) is 62.1 Å². The van der Waals surface area contributed by atoms with Crippen molar-refractivity contribution >= 4 is 12.2 Å². The van der Waals surface area contributed by atoms with Crippen LogP contribution in [0.25, 0.3) is 12.2 Å². The average molecular weight is 352 g/mol. The third kappa shape index (κ3) is 5.48. The lowest BCUT2D eigenvalue weighted by molar-refractivity contribution is 0.264. The van der Waals surface area contributed by atoms with Crippen LogP contribution < -0.4 is 11.5 Å². The molecule has 26 heavy (non-hydrogen) atoms. The zero-order chi connectivity index (χ0) is 19.2. The minimum atomic E-state index is -0.584. The molecule has 0 saturated heterocycles. The SMILES string of the molecule is CC(N)(C/C=C/c1ccc(O)cc1)C(C)(N)C/C=C/c1ccc(O)cc1. The first-order chi connectivity index (χ1) is 12.2. The summed E-state index contributed by atoms with van der Waals surface area (Å²) in [7, 11) is 0. The summed E-state index contributed by atoms with van der Waals surface area (Å²) in [4.78, 5) is 0. The zero-order valence-corrected chi connectivity index (χ0v) is 15.4. The fraction of sp³-hybridized carbons (Fsp3) is 0.273. The topological polar surface area (TPSA) is 92.5 Å². The van der Waals surface area contributed by atoms with Crippen LogP contribution in [0.4, 0.5) is 0 Å². The van der Waals surface area contributed by atoms with Gasteiger partial charge < -0.3 is 21.7 Å². The summed E-state index contributed by atoms with van der Waals surface area (Å²) in [6.07, 6.45) is 9.25. The van der Waals surface area contributed by atoms with Crippen molar-refractivity contribution in [1.82, 2.24) is 0 Å². The van der Waals surface area contributed by atoms with Crippen molar-refractivity contribution in [3.8, 4) is 11.5 Å². The second-order valence-corrected chi connectivity index (χ2v) is 7.23. The third-order valence-electron chi connectivity index (χ3n) is 4.80. The number of hydrogen-bond donors (Lipinski definition) is 4. The minimum Gasteiger partial charge on any atom is -0.508 e. The molecule has 0 aliphatic carbocycles. The van der Waals surface area contributed by atoms with Gasteiger partial charge in [-0.1, -0.05) is 48.6 Å². The zero-order valence-electron chi connectivity index (χ0n) is 15.4. The lowest BCUT2D eigenvalue weighted by atomic mass is 9.76. The van der Waals surface area contributed by atoms with E-state index in [-0.39, 0.29) is 11.5 Å². The third-order valence-corrected chi connectivity index (χ3v) is 4.80. The second kappa shape index (κ2) is 8.21. The van der Waals surface area contributed by atoms with Gasteiger partial charge >= 0.3 is 0 Å². The fourth-order valence-corrected chi connectivity index (χ4v) is 2.52. The fourth-order valence-electron chi connectivity index (χ4n) is 2.52. The molecule has 2 rings (SSSR count). The molecule has 0 radical (unpaired) electrons. The number of aromatic hydroxyl groups is 2. The predicted molar refractivity (Wildman–Crippen MR) is 109 cm³/mol. The lowest BCUT2D eigenvalue weighted by Gasteiger charge is -2.40. The molecule has 4 heteroatoms. The molecule has 2 atom stereocenters. The molecule has 0 saturated carbocycles. The van der Waals surface area contributed by atoms with Crippen molar-refractivity contribution in [1.29, 1.82) is 0 Å². The quantitative estimate of drug-likeness (QED) is 0.605. The van der Waals surface area contributed by atoms with Gasteiger partial charge in [0, 0.05) is 11.1 Å². The maximum Gasteiger partial charge on any atom is 0.115 e. The molecule has 2 aromatic rings. The molecule has 0 bridgehead atoms. The van der Waals surface area contributed by atoms with Crippen LogP contribution in [0, 0.1) is 0 Å². The Morgan fingerprint density at radius 2 is 1.00 bits per heavy atom. The molecule has 2 unspecified atom stereocenters. The molecule has 138 valence electrons. The molecule has 0 fully saturated rings. The van der Waals surface area contributed by atoms with Crippen molar-refractivity contribution in [2.24, 2.45) is 11.5 Å². The van der Waals surface area contributed by atoms with Crippen LogP contribution >= 0.6 is 0 Å². The highest BCUT2D eigenvalue weighted by Gasteiger charge is 2.36. The summed E-state index contributed by atoms with van der Waals surface area (Å²) < 4.78 is 0. The Hall–Kier alpha value is -2.56. The lowest BCUT2D eigenvalue weighted by Crippen LogP contribution is -2.61. The smallest absolute Gasteiger partial charge is 0.115 e. The standard InChI is InChI=1S/C22H28N2O2/c1-21(23,15-3-5-17-7-11-19(25)12-8-17)22(2,24)16-4-6-18-9-13-20(26)14-10-18/h3-14,25-26H,15-16,23-24H2,1-2H3/b5-3+,6-4+. The molecule has 6 N–H and O–H groups in total. The highest BCUT2D eigenvalue weighted by molar-refractivity contribution is 5.51. The van der Waals surface area contributed by atoms with Crippen molar-refractivity contribution in [3.63, 3.8) is 0 Å². The van der Waals surface area contributed by atoms with Gasteiger partial charge in [-0.25, -0.2) is 0 Å². The van der Waals surface area contributed by atoms with Crippen LogP contribution in [0.5, 0.6) is 11.5 Å². The van der Waals surface area contributed by atoms with Gasteiger partial charge in [0.05, 0.1) is 0 Å². The average Bonchev–Trinajstić information content (AvgIpc) is 2.58. The summed E-state index contributed by atoms with van der Waals surface area (Å²) in [5.41, 5.74) is 13.8. The number of nitrogens with two attached hydrogens (primary N) is 2. The van der Waals surface area contributed by atoms with Gasteiger partial charge in [0.2, 0.25) is 0 Å². The van der Waals surface area contributed by atoms with E-state index < -0.39 is 11.1 Å². The molecule has 0 spiro atoms. The summed E-state index contributed by atoms with van der Waals surface area (Å²) in [5.74, 6) is 0.501. The van der Waals surface area contributed by atoms with Gasteiger partial charge in [0.25, 0.3) is 0 Å². The number of benzene rings is 2. The van der Waals surface area contributed by atoms with E-state index in [1.807, 2.05) is 62.4 Å². The van der Waals surface area contributed by atoms with E-state index in [0.29, 0.717) is 12.8 Å². The Kier molecular flexibility index (Phi) is 6.24. The molecule has 0 aromatic heterocycles. The molecular formula is C22H28N2O2. The van der Waals surface area contributed by atoms with Gasteiger partial charge in [0.15, 0.2) is 0 Å². The van der Waals surface area contributed by atoms with Crippen molar-refractivity contribution in [2.45, 2.75) is 37.8 Å². The Bertz CT molecular complexity index is 690. The van der Waals surface area contributed by atoms with Crippen molar-refractivity contribution in [3.05, 3.63) is 71.8 Å². The van der Waals surface area contributed by atoms with Crippen LogP contribution in [0.2, 0.25) is 0 Å². The van der Waals surface area contributed by atoms with E-state index in [9.17, 15) is 10.2 Å². The maximum absolute atomic E-state index is 9.32.